The van der Waals surface area contributed by atoms with Crippen molar-refractivity contribution < 1.29 is 9.72 Å². The average Bonchev–Trinajstić information content (AvgIpc) is 2.46. The van der Waals surface area contributed by atoms with E-state index in [-0.39, 0.29) is 17.2 Å². The number of hydrogen-bond donors (Lipinski definition) is 1. The van der Waals surface area contributed by atoms with Gasteiger partial charge in [-0.1, -0.05) is 0 Å². The fraction of sp³-hybridized carbons (Fsp3) is 0.455. The van der Waals surface area contributed by atoms with Crippen molar-refractivity contribution in [1.29, 1.82) is 0 Å². The Morgan fingerprint density at radius 1 is 1.53 bits per heavy atom. The van der Waals surface area contributed by atoms with E-state index in [0.29, 0.717) is 18.9 Å². The summed E-state index contributed by atoms with van der Waals surface area (Å²) in [6.45, 7) is 1.25. The smallest absolute Gasteiger partial charge is 0.300 e. The van der Waals surface area contributed by atoms with Crippen molar-refractivity contribution in [1.82, 2.24) is 9.88 Å². The van der Waals surface area contributed by atoms with Gasteiger partial charge < -0.3 is 10.2 Å². The first-order valence-corrected chi connectivity index (χ1v) is 6.98. The molecule has 1 fully saturated rings. The molecule has 1 N–H and O–H groups in total. The molecular formula is C11H14N4O3S. The van der Waals surface area contributed by atoms with E-state index in [1.54, 1.807) is 23.7 Å². The molecule has 7 nitrogen and oxygen atoms in total. The van der Waals surface area contributed by atoms with E-state index in [1.165, 1.54) is 6.07 Å². The number of nitrogens with one attached hydrogen (secondary N) is 1. The third-order valence-electron chi connectivity index (χ3n) is 2.86. The number of nitro groups is 1. The summed E-state index contributed by atoms with van der Waals surface area (Å²) in [4.78, 5) is 28.3. The molecule has 0 aliphatic carbocycles. The number of carbonyl (C=O) groups excluding carboxylic acids is 1. The van der Waals surface area contributed by atoms with Crippen LogP contribution in [0.25, 0.3) is 0 Å². The molecule has 0 radical (unpaired) electrons. The van der Waals surface area contributed by atoms with Crippen molar-refractivity contribution in [2.45, 2.75) is 0 Å². The molecule has 1 amide bonds. The average molecular weight is 282 g/mol. The van der Waals surface area contributed by atoms with Crippen LogP contribution in [-0.4, -0.2) is 52.4 Å². The number of anilines is 1. The number of aromatic nitrogens is 1. The Bertz CT molecular complexity index is 503. The van der Waals surface area contributed by atoms with Crippen LogP contribution < -0.4 is 5.32 Å². The summed E-state index contributed by atoms with van der Waals surface area (Å²) in [6, 6.07) is 1.43. The number of hydrogen-bond acceptors (Lipinski definition) is 6. The molecule has 19 heavy (non-hydrogen) atoms. The van der Waals surface area contributed by atoms with Gasteiger partial charge >= 0.3 is 0 Å². The Morgan fingerprint density at radius 2 is 2.21 bits per heavy atom. The molecule has 0 bridgehead atoms. The largest absolute Gasteiger partial charge is 0.373 e. The Hall–Kier alpha value is -1.83. The number of thioether (sulfide) groups is 1. The first-order chi connectivity index (χ1) is 9.13. The van der Waals surface area contributed by atoms with Crippen LogP contribution in [0.2, 0.25) is 0 Å². The lowest BCUT2D eigenvalue weighted by Gasteiger charge is -2.26. The highest BCUT2D eigenvalue weighted by Gasteiger charge is 2.26. The maximum Gasteiger partial charge on any atom is 0.300 e. The second-order valence-corrected chi connectivity index (χ2v) is 5.22. The summed E-state index contributed by atoms with van der Waals surface area (Å²) in [5, 5.41) is 13.8. The molecule has 8 heteroatoms. The van der Waals surface area contributed by atoms with E-state index in [4.69, 9.17) is 0 Å². The van der Waals surface area contributed by atoms with Gasteiger partial charge in [0.25, 0.3) is 11.6 Å². The minimum Gasteiger partial charge on any atom is -0.373 e. The predicted octanol–water partition coefficient (Wildman–Crippen LogP) is 1.22. The fourth-order valence-corrected chi connectivity index (χ4v) is 2.74. The van der Waals surface area contributed by atoms with Crippen molar-refractivity contribution in [2.75, 3.05) is 37.0 Å². The zero-order valence-corrected chi connectivity index (χ0v) is 11.3. The van der Waals surface area contributed by atoms with Crippen LogP contribution in [0.1, 0.15) is 10.4 Å². The van der Waals surface area contributed by atoms with E-state index in [9.17, 15) is 14.9 Å². The Labute approximate surface area is 114 Å². The van der Waals surface area contributed by atoms with Gasteiger partial charge in [-0.15, -0.1) is 0 Å². The summed E-state index contributed by atoms with van der Waals surface area (Å²) in [5.41, 5.74) is -0.154. The molecule has 2 heterocycles. The molecule has 0 aromatic carbocycles. The Morgan fingerprint density at radius 3 is 2.79 bits per heavy atom. The highest BCUT2D eigenvalue weighted by Crippen LogP contribution is 2.23. The highest BCUT2D eigenvalue weighted by molar-refractivity contribution is 7.99. The van der Waals surface area contributed by atoms with Gasteiger partial charge in [-0.3, -0.25) is 14.9 Å². The number of nitrogens with zero attached hydrogens (tertiary/aromatic N) is 3. The van der Waals surface area contributed by atoms with Crippen LogP contribution in [0.5, 0.6) is 0 Å². The van der Waals surface area contributed by atoms with Gasteiger partial charge in [-0.2, -0.15) is 11.8 Å². The summed E-state index contributed by atoms with van der Waals surface area (Å²) in [5.74, 6) is 1.87. The SMILES string of the molecule is CNc1cc(C(=O)N2CCSCC2)c([N+](=O)[O-])cn1. The summed E-state index contributed by atoms with van der Waals surface area (Å²) < 4.78 is 0. The zero-order chi connectivity index (χ0) is 13.8. The van der Waals surface area contributed by atoms with Crippen molar-refractivity contribution in [3.8, 4) is 0 Å². The molecule has 0 atom stereocenters. The van der Waals surface area contributed by atoms with Crippen LogP contribution in [0.3, 0.4) is 0 Å². The number of amides is 1. The molecule has 1 saturated heterocycles. The summed E-state index contributed by atoms with van der Waals surface area (Å²) in [7, 11) is 1.65. The lowest BCUT2D eigenvalue weighted by molar-refractivity contribution is -0.385. The molecule has 1 aromatic heterocycles. The van der Waals surface area contributed by atoms with E-state index < -0.39 is 4.92 Å². The first-order valence-electron chi connectivity index (χ1n) is 5.82. The van der Waals surface area contributed by atoms with Crippen LogP contribution in [0, 0.1) is 10.1 Å². The monoisotopic (exact) mass is 282 g/mol. The van der Waals surface area contributed by atoms with Crippen LogP contribution in [0.4, 0.5) is 11.5 Å². The second kappa shape index (κ2) is 5.87. The molecule has 2 rings (SSSR count). The number of pyridine rings is 1. The van der Waals surface area contributed by atoms with E-state index in [1.807, 2.05) is 0 Å². The summed E-state index contributed by atoms with van der Waals surface area (Å²) >= 11 is 1.78. The lowest BCUT2D eigenvalue weighted by atomic mass is 10.2. The minimum absolute atomic E-state index is 0.0938. The third kappa shape index (κ3) is 2.95. The van der Waals surface area contributed by atoms with Crippen molar-refractivity contribution in [2.24, 2.45) is 0 Å². The zero-order valence-electron chi connectivity index (χ0n) is 10.5. The van der Waals surface area contributed by atoms with Gasteiger partial charge in [0, 0.05) is 37.7 Å². The topological polar surface area (TPSA) is 88.4 Å². The van der Waals surface area contributed by atoms with Gasteiger partial charge in [0.1, 0.15) is 17.6 Å². The minimum atomic E-state index is -0.571. The van der Waals surface area contributed by atoms with Crippen LogP contribution in [0.15, 0.2) is 12.3 Å². The molecular weight excluding hydrogens is 268 g/mol. The molecule has 1 aromatic rings. The lowest BCUT2D eigenvalue weighted by Crippen LogP contribution is -2.38. The van der Waals surface area contributed by atoms with Gasteiger partial charge in [-0.05, 0) is 0 Å². The van der Waals surface area contributed by atoms with E-state index in [2.05, 4.69) is 10.3 Å². The molecule has 0 unspecified atom stereocenters. The van der Waals surface area contributed by atoms with Gasteiger partial charge in [-0.25, -0.2) is 4.98 Å². The standard InChI is InChI=1S/C11H14N4O3S/c1-12-10-6-8(9(7-13-10)15(17)18)11(16)14-2-4-19-5-3-14/h6-7H,2-5H2,1H3,(H,12,13). The molecule has 0 saturated carbocycles. The highest BCUT2D eigenvalue weighted by atomic mass is 32.2. The van der Waals surface area contributed by atoms with Crippen molar-refractivity contribution in [3.63, 3.8) is 0 Å². The van der Waals surface area contributed by atoms with Gasteiger partial charge in [0.05, 0.1) is 4.92 Å². The van der Waals surface area contributed by atoms with Crippen molar-refractivity contribution in [3.05, 3.63) is 27.9 Å². The molecule has 1 aliphatic heterocycles. The van der Waals surface area contributed by atoms with Crippen LogP contribution >= 0.6 is 11.8 Å². The van der Waals surface area contributed by atoms with E-state index in [0.717, 1.165) is 17.7 Å². The van der Waals surface area contributed by atoms with Gasteiger partial charge in [0.2, 0.25) is 0 Å². The fourth-order valence-electron chi connectivity index (χ4n) is 1.84. The maximum absolute atomic E-state index is 12.3. The molecule has 1 aliphatic rings. The first kappa shape index (κ1) is 13.6. The molecule has 0 spiro atoms. The normalized spacial score (nSPS) is 15.1. The Balaban J connectivity index is 2.34. The number of rotatable bonds is 3. The predicted molar refractivity (Wildman–Crippen MR) is 73.7 cm³/mol. The van der Waals surface area contributed by atoms with Crippen molar-refractivity contribution >= 4 is 29.2 Å². The van der Waals surface area contributed by atoms with E-state index >= 15 is 0 Å². The maximum atomic E-state index is 12.3. The molecule has 102 valence electrons. The van der Waals surface area contributed by atoms with Gasteiger partial charge in [0.15, 0.2) is 0 Å². The second-order valence-electron chi connectivity index (χ2n) is 4.00. The summed E-state index contributed by atoms with van der Waals surface area (Å²) in [6.07, 6.45) is 1.12. The number of carbonyl (C=O) groups is 1. The quantitative estimate of drug-likeness (QED) is 0.662. The third-order valence-corrected chi connectivity index (χ3v) is 3.81. The van der Waals surface area contributed by atoms with Crippen LogP contribution in [-0.2, 0) is 0 Å². The Kier molecular flexibility index (Phi) is 4.20.